The van der Waals surface area contributed by atoms with E-state index >= 15 is 0 Å². The molecule has 8 nitrogen and oxygen atoms in total. The summed E-state index contributed by atoms with van der Waals surface area (Å²) in [5, 5.41) is 2.87. The second-order valence-electron chi connectivity index (χ2n) is 7.17. The van der Waals surface area contributed by atoms with Gasteiger partial charge in [0.25, 0.3) is 0 Å². The van der Waals surface area contributed by atoms with Gasteiger partial charge in [-0.1, -0.05) is 55.8 Å². The minimum atomic E-state index is -0.975. The Bertz CT molecular complexity index is 959. The summed E-state index contributed by atoms with van der Waals surface area (Å²) in [7, 11) is 1.57. The normalized spacial score (nSPS) is 14.7. The van der Waals surface area contributed by atoms with Crippen LogP contribution >= 0.6 is 0 Å². The number of nitrogens with zero attached hydrogens (tertiary/aromatic N) is 2. The summed E-state index contributed by atoms with van der Waals surface area (Å²) in [5.41, 5.74) is 1.64. The molecule has 1 N–H and O–H groups in total. The van der Waals surface area contributed by atoms with Gasteiger partial charge >= 0.3 is 17.8 Å². The van der Waals surface area contributed by atoms with E-state index in [0.29, 0.717) is 17.1 Å². The Labute approximate surface area is 180 Å². The van der Waals surface area contributed by atoms with Crippen molar-refractivity contribution in [2.24, 2.45) is 0 Å². The molecule has 1 fully saturated rings. The number of methoxy groups -OCH3 is 1. The Balaban J connectivity index is 1.77. The van der Waals surface area contributed by atoms with Crippen LogP contribution < -0.4 is 10.1 Å². The van der Waals surface area contributed by atoms with Gasteiger partial charge in [-0.15, -0.1) is 0 Å². The van der Waals surface area contributed by atoms with Crippen molar-refractivity contribution in [3.63, 3.8) is 0 Å². The molecule has 0 saturated carbocycles. The number of imide groups is 2. The van der Waals surface area contributed by atoms with Crippen molar-refractivity contribution >= 4 is 23.8 Å². The summed E-state index contributed by atoms with van der Waals surface area (Å²) in [6, 6.07) is 15.3. The molecule has 31 heavy (non-hydrogen) atoms. The Morgan fingerprint density at radius 1 is 0.935 bits per heavy atom. The van der Waals surface area contributed by atoms with Gasteiger partial charge in [0.1, 0.15) is 12.3 Å². The zero-order chi connectivity index (χ0) is 22.4. The molecule has 0 bridgehead atoms. The maximum atomic E-state index is 12.8. The number of nitrogens with one attached hydrogen (secondary N) is 1. The highest BCUT2D eigenvalue weighted by Crippen LogP contribution is 2.24. The molecule has 1 aliphatic rings. The Morgan fingerprint density at radius 3 is 2.16 bits per heavy atom. The zero-order valence-corrected chi connectivity index (χ0v) is 17.5. The average Bonchev–Trinajstić information content (AvgIpc) is 2.99. The van der Waals surface area contributed by atoms with Gasteiger partial charge in [0, 0.05) is 6.54 Å². The van der Waals surface area contributed by atoms with Crippen molar-refractivity contribution in [2.45, 2.75) is 25.8 Å². The molecule has 1 aliphatic heterocycles. The molecule has 0 unspecified atom stereocenters. The van der Waals surface area contributed by atoms with E-state index in [1.165, 1.54) is 0 Å². The van der Waals surface area contributed by atoms with E-state index in [4.69, 9.17) is 4.74 Å². The predicted molar refractivity (Wildman–Crippen MR) is 113 cm³/mol. The fourth-order valence-corrected chi connectivity index (χ4v) is 3.35. The topological polar surface area (TPSA) is 96.0 Å². The monoisotopic (exact) mass is 423 g/mol. The Kier molecular flexibility index (Phi) is 7.02. The number of urea groups is 1. The van der Waals surface area contributed by atoms with Crippen molar-refractivity contribution in [1.29, 1.82) is 0 Å². The molecule has 0 spiro atoms. The summed E-state index contributed by atoms with van der Waals surface area (Å²) < 4.78 is 5.19. The van der Waals surface area contributed by atoms with Crippen LogP contribution in [0.25, 0.3) is 0 Å². The first-order valence-electron chi connectivity index (χ1n) is 10.1. The third kappa shape index (κ3) is 4.91. The number of hydrogen-bond donors (Lipinski definition) is 1. The van der Waals surface area contributed by atoms with Crippen LogP contribution in [0.3, 0.4) is 0 Å². The molecule has 1 atom stereocenters. The SMILES string of the molecule is CCCCN1C(=O)C(=O)N(CC(=O)N[C@@H](c2ccccc2)c2ccc(OC)cc2)C1=O. The largest absolute Gasteiger partial charge is 0.497 e. The van der Waals surface area contributed by atoms with Crippen LogP contribution in [-0.4, -0.2) is 53.8 Å². The van der Waals surface area contributed by atoms with Gasteiger partial charge in [-0.2, -0.15) is 0 Å². The van der Waals surface area contributed by atoms with Crippen LogP contribution in [0.2, 0.25) is 0 Å². The third-order valence-electron chi connectivity index (χ3n) is 5.06. The highest BCUT2D eigenvalue weighted by molar-refractivity contribution is 6.45. The number of unbranched alkanes of at least 4 members (excludes halogenated alkanes) is 1. The van der Waals surface area contributed by atoms with Gasteiger partial charge in [0.2, 0.25) is 5.91 Å². The molecule has 0 aliphatic carbocycles. The van der Waals surface area contributed by atoms with Crippen LogP contribution in [0, 0.1) is 0 Å². The molecule has 0 radical (unpaired) electrons. The van der Waals surface area contributed by atoms with E-state index in [0.717, 1.165) is 22.4 Å². The van der Waals surface area contributed by atoms with E-state index in [2.05, 4.69) is 5.32 Å². The standard InChI is InChI=1S/C23H25N3O5/c1-3-4-14-25-21(28)22(29)26(23(25)30)15-19(27)24-20(16-8-6-5-7-9-16)17-10-12-18(31-2)13-11-17/h5-13,20H,3-4,14-15H2,1-2H3,(H,24,27)/t20-/m0/s1. The number of carbonyl (C=O) groups is 4. The molecule has 1 heterocycles. The lowest BCUT2D eigenvalue weighted by Crippen LogP contribution is -2.42. The van der Waals surface area contributed by atoms with Crippen LogP contribution in [-0.2, 0) is 14.4 Å². The Hall–Kier alpha value is -3.68. The van der Waals surface area contributed by atoms with Gasteiger partial charge in [0.15, 0.2) is 0 Å². The highest BCUT2D eigenvalue weighted by atomic mass is 16.5. The van der Waals surface area contributed by atoms with Gasteiger partial charge < -0.3 is 10.1 Å². The minimum Gasteiger partial charge on any atom is -0.497 e. The number of hydrogen-bond acceptors (Lipinski definition) is 5. The van der Waals surface area contributed by atoms with E-state index in [-0.39, 0.29) is 6.54 Å². The summed E-state index contributed by atoms with van der Waals surface area (Å²) in [4.78, 5) is 51.2. The Morgan fingerprint density at radius 2 is 1.55 bits per heavy atom. The van der Waals surface area contributed by atoms with Gasteiger partial charge in [0.05, 0.1) is 13.2 Å². The molecular formula is C23H25N3O5. The summed E-state index contributed by atoms with van der Waals surface area (Å²) in [5.74, 6) is -1.73. The molecule has 162 valence electrons. The van der Waals surface area contributed by atoms with Crippen molar-refractivity contribution in [2.75, 3.05) is 20.2 Å². The second-order valence-corrected chi connectivity index (χ2v) is 7.17. The van der Waals surface area contributed by atoms with Crippen molar-refractivity contribution in [1.82, 2.24) is 15.1 Å². The van der Waals surface area contributed by atoms with Crippen LogP contribution in [0.1, 0.15) is 36.9 Å². The molecule has 3 rings (SSSR count). The quantitative estimate of drug-likeness (QED) is 0.494. The van der Waals surface area contributed by atoms with Crippen molar-refractivity contribution in [3.8, 4) is 5.75 Å². The highest BCUT2D eigenvalue weighted by Gasteiger charge is 2.44. The lowest BCUT2D eigenvalue weighted by molar-refractivity contribution is -0.144. The molecule has 5 amide bonds. The van der Waals surface area contributed by atoms with Gasteiger partial charge in [-0.3, -0.25) is 19.3 Å². The van der Waals surface area contributed by atoms with Crippen molar-refractivity contribution in [3.05, 3.63) is 65.7 Å². The fraction of sp³-hybridized carbons (Fsp3) is 0.304. The summed E-state index contributed by atoms with van der Waals surface area (Å²) in [6.45, 7) is 1.56. The predicted octanol–water partition coefficient (Wildman–Crippen LogP) is 2.49. The summed E-state index contributed by atoms with van der Waals surface area (Å²) >= 11 is 0. The summed E-state index contributed by atoms with van der Waals surface area (Å²) in [6.07, 6.45) is 1.37. The van der Waals surface area contributed by atoms with Gasteiger partial charge in [-0.05, 0) is 29.7 Å². The van der Waals surface area contributed by atoms with Gasteiger partial charge in [-0.25, -0.2) is 9.69 Å². The lowest BCUT2D eigenvalue weighted by Gasteiger charge is -2.22. The third-order valence-corrected chi connectivity index (χ3v) is 5.06. The number of carbonyl (C=O) groups excluding carboxylic acids is 4. The molecule has 2 aromatic rings. The van der Waals surface area contributed by atoms with Crippen LogP contribution in [0.4, 0.5) is 4.79 Å². The van der Waals surface area contributed by atoms with E-state index in [1.807, 2.05) is 49.4 Å². The minimum absolute atomic E-state index is 0.163. The van der Waals surface area contributed by atoms with E-state index < -0.39 is 36.3 Å². The smallest absolute Gasteiger partial charge is 0.334 e. The van der Waals surface area contributed by atoms with E-state index in [9.17, 15) is 19.2 Å². The molecule has 0 aromatic heterocycles. The molecular weight excluding hydrogens is 398 g/mol. The first kappa shape index (κ1) is 22.0. The number of amides is 5. The number of rotatable bonds is 9. The number of benzene rings is 2. The van der Waals surface area contributed by atoms with Crippen LogP contribution in [0.15, 0.2) is 54.6 Å². The first-order valence-corrected chi connectivity index (χ1v) is 10.1. The zero-order valence-electron chi connectivity index (χ0n) is 17.5. The van der Waals surface area contributed by atoms with E-state index in [1.54, 1.807) is 19.2 Å². The maximum Gasteiger partial charge on any atom is 0.334 e. The molecule has 8 heteroatoms. The van der Waals surface area contributed by atoms with Crippen molar-refractivity contribution < 1.29 is 23.9 Å². The average molecular weight is 423 g/mol. The van der Waals surface area contributed by atoms with Crippen LogP contribution in [0.5, 0.6) is 5.75 Å². The fourth-order valence-electron chi connectivity index (χ4n) is 3.35. The first-order chi connectivity index (χ1) is 15.0. The second kappa shape index (κ2) is 9.88. The molecule has 2 aromatic carbocycles. The number of ether oxygens (including phenoxy) is 1. The lowest BCUT2D eigenvalue weighted by atomic mass is 9.98. The maximum absolute atomic E-state index is 12.8. The molecule has 1 saturated heterocycles.